The van der Waals surface area contributed by atoms with E-state index < -0.39 is 11.7 Å². The van der Waals surface area contributed by atoms with Crippen LogP contribution in [-0.4, -0.2) is 23.9 Å². The lowest BCUT2D eigenvalue weighted by molar-refractivity contribution is 0.0794. The summed E-state index contributed by atoms with van der Waals surface area (Å²) < 4.78 is 13.3. The third kappa shape index (κ3) is 3.10. The monoisotopic (exact) mass is 285 g/mol. The summed E-state index contributed by atoms with van der Waals surface area (Å²) in [7, 11) is 0. The molecule has 0 saturated carbocycles. The summed E-state index contributed by atoms with van der Waals surface area (Å²) in [5, 5.41) is 16.9. The van der Waals surface area contributed by atoms with Crippen LogP contribution >= 0.6 is 23.2 Å². The number of halogens is 3. The SMILES string of the molecule is N#CCN(CC#N)C(=O)c1cc(F)c(Cl)cc1Cl. The molecule has 0 atom stereocenters. The largest absolute Gasteiger partial charge is 0.312 e. The summed E-state index contributed by atoms with van der Waals surface area (Å²) in [4.78, 5) is 12.9. The number of nitriles is 2. The third-order valence-corrected chi connectivity index (χ3v) is 2.65. The van der Waals surface area contributed by atoms with Crippen LogP contribution in [0.25, 0.3) is 0 Å². The van der Waals surface area contributed by atoms with Crippen molar-refractivity contribution in [3.63, 3.8) is 0 Å². The van der Waals surface area contributed by atoms with Crippen LogP contribution in [0.5, 0.6) is 0 Å². The Kier molecular flexibility index (Phi) is 4.91. The van der Waals surface area contributed by atoms with Crippen LogP contribution in [0.4, 0.5) is 4.39 Å². The number of benzene rings is 1. The van der Waals surface area contributed by atoms with Crippen molar-refractivity contribution in [1.29, 1.82) is 10.5 Å². The third-order valence-electron chi connectivity index (χ3n) is 2.05. The summed E-state index contributed by atoms with van der Waals surface area (Å²) in [6.45, 7) is -0.570. The summed E-state index contributed by atoms with van der Waals surface area (Å²) in [5.41, 5.74) is -0.135. The van der Waals surface area contributed by atoms with Crippen molar-refractivity contribution in [1.82, 2.24) is 4.90 Å². The second-order valence-corrected chi connectivity index (χ2v) is 4.04. The van der Waals surface area contributed by atoms with Crippen molar-refractivity contribution in [3.8, 4) is 12.1 Å². The predicted octanol–water partition coefficient (Wildman–Crippen LogP) is 2.62. The number of carbonyl (C=O) groups is 1. The molecule has 0 aliphatic carbocycles. The van der Waals surface area contributed by atoms with Gasteiger partial charge < -0.3 is 4.90 Å². The number of rotatable bonds is 3. The average molecular weight is 286 g/mol. The number of amides is 1. The van der Waals surface area contributed by atoms with E-state index in [0.717, 1.165) is 17.0 Å². The molecule has 0 aliphatic rings. The molecule has 0 radical (unpaired) electrons. The normalized spacial score (nSPS) is 9.39. The van der Waals surface area contributed by atoms with Crippen molar-refractivity contribution in [3.05, 3.63) is 33.6 Å². The Hall–Kier alpha value is -1.82. The number of carbonyl (C=O) groups excluding carboxylic acids is 1. The standard InChI is InChI=1S/C11H6Cl2FN3O/c12-8-6-9(13)10(14)5-7(8)11(18)17(3-1-15)4-2-16/h5-6H,3-4H2. The van der Waals surface area contributed by atoms with Crippen LogP contribution in [0.2, 0.25) is 10.0 Å². The van der Waals surface area contributed by atoms with Crippen LogP contribution in [0.3, 0.4) is 0 Å². The minimum absolute atomic E-state index is 0.0349. The van der Waals surface area contributed by atoms with E-state index in [9.17, 15) is 9.18 Å². The molecule has 18 heavy (non-hydrogen) atoms. The van der Waals surface area contributed by atoms with Gasteiger partial charge in [-0.15, -0.1) is 0 Å². The van der Waals surface area contributed by atoms with Gasteiger partial charge in [-0.05, 0) is 12.1 Å². The fourth-order valence-corrected chi connectivity index (χ4v) is 1.69. The molecule has 0 aromatic heterocycles. The van der Waals surface area contributed by atoms with Gasteiger partial charge in [-0.1, -0.05) is 23.2 Å². The molecular weight excluding hydrogens is 280 g/mol. The molecule has 0 spiro atoms. The molecule has 1 amide bonds. The molecule has 0 saturated heterocycles. The van der Waals surface area contributed by atoms with Gasteiger partial charge >= 0.3 is 0 Å². The lowest BCUT2D eigenvalue weighted by Crippen LogP contribution is -2.32. The molecule has 0 heterocycles. The molecule has 92 valence electrons. The second kappa shape index (κ2) is 6.20. The molecular formula is C11H6Cl2FN3O. The van der Waals surface area contributed by atoms with Crippen molar-refractivity contribution in [2.75, 3.05) is 13.1 Å². The molecule has 0 fully saturated rings. The van der Waals surface area contributed by atoms with Crippen LogP contribution in [-0.2, 0) is 0 Å². The summed E-state index contributed by atoms with van der Waals surface area (Å²) in [6, 6.07) is 5.46. The van der Waals surface area contributed by atoms with Crippen LogP contribution < -0.4 is 0 Å². The zero-order chi connectivity index (χ0) is 13.7. The van der Waals surface area contributed by atoms with E-state index in [1.54, 1.807) is 12.1 Å². The van der Waals surface area contributed by atoms with Gasteiger partial charge in [0.05, 0.1) is 27.7 Å². The maximum atomic E-state index is 13.3. The summed E-state index contributed by atoms with van der Waals surface area (Å²) >= 11 is 11.3. The zero-order valence-corrected chi connectivity index (χ0v) is 10.5. The van der Waals surface area contributed by atoms with Gasteiger partial charge in [0.15, 0.2) is 0 Å². The molecule has 0 N–H and O–H groups in total. The Bertz CT molecular complexity index is 547. The Morgan fingerprint density at radius 1 is 1.22 bits per heavy atom. The van der Waals surface area contributed by atoms with Gasteiger partial charge in [-0.25, -0.2) is 4.39 Å². The Balaban J connectivity index is 3.14. The van der Waals surface area contributed by atoms with E-state index in [2.05, 4.69) is 0 Å². The second-order valence-electron chi connectivity index (χ2n) is 3.22. The fourth-order valence-electron chi connectivity index (χ4n) is 1.23. The van der Waals surface area contributed by atoms with E-state index in [1.165, 1.54) is 0 Å². The first-order valence-corrected chi connectivity index (χ1v) is 5.44. The zero-order valence-electron chi connectivity index (χ0n) is 8.95. The van der Waals surface area contributed by atoms with Crippen LogP contribution in [0.1, 0.15) is 10.4 Å². The first-order valence-electron chi connectivity index (χ1n) is 4.69. The smallest absolute Gasteiger partial charge is 0.257 e. The molecule has 0 aliphatic heterocycles. The van der Waals surface area contributed by atoms with E-state index in [4.69, 9.17) is 33.7 Å². The van der Waals surface area contributed by atoms with E-state index >= 15 is 0 Å². The highest BCUT2D eigenvalue weighted by atomic mass is 35.5. The molecule has 1 aromatic rings. The van der Waals surface area contributed by atoms with Crippen molar-refractivity contribution in [2.24, 2.45) is 0 Å². The van der Waals surface area contributed by atoms with Gasteiger partial charge in [-0.3, -0.25) is 4.79 Å². The lowest BCUT2D eigenvalue weighted by atomic mass is 10.2. The number of hydrogen-bond donors (Lipinski definition) is 0. The number of hydrogen-bond acceptors (Lipinski definition) is 3. The van der Waals surface area contributed by atoms with Gasteiger partial charge in [-0.2, -0.15) is 10.5 Å². The average Bonchev–Trinajstić information content (AvgIpc) is 2.33. The first-order chi connectivity index (χ1) is 8.51. The molecule has 1 aromatic carbocycles. The van der Waals surface area contributed by atoms with Gasteiger partial charge in [0.1, 0.15) is 18.9 Å². The van der Waals surface area contributed by atoms with Gasteiger partial charge in [0.25, 0.3) is 5.91 Å². The van der Waals surface area contributed by atoms with Crippen LogP contribution in [0, 0.1) is 28.5 Å². The Morgan fingerprint density at radius 2 is 1.78 bits per heavy atom. The Morgan fingerprint density at radius 3 is 2.28 bits per heavy atom. The van der Waals surface area contributed by atoms with Crippen molar-refractivity contribution < 1.29 is 9.18 Å². The van der Waals surface area contributed by atoms with Crippen LogP contribution in [0.15, 0.2) is 12.1 Å². The Labute approximate surface area is 113 Å². The molecule has 7 heteroatoms. The van der Waals surface area contributed by atoms with Gasteiger partial charge in [0.2, 0.25) is 0 Å². The molecule has 4 nitrogen and oxygen atoms in total. The van der Waals surface area contributed by atoms with Crippen molar-refractivity contribution in [2.45, 2.75) is 0 Å². The highest BCUT2D eigenvalue weighted by Gasteiger charge is 2.20. The highest BCUT2D eigenvalue weighted by molar-refractivity contribution is 6.36. The molecule has 0 bridgehead atoms. The van der Waals surface area contributed by atoms with Gasteiger partial charge in [0, 0.05) is 0 Å². The fraction of sp³-hybridized carbons (Fsp3) is 0.182. The minimum atomic E-state index is -0.793. The minimum Gasteiger partial charge on any atom is -0.312 e. The maximum absolute atomic E-state index is 13.3. The van der Waals surface area contributed by atoms with E-state index in [1.807, 2.05) is 0 Å². The summed E-state index contributed by atoms with van der Waals surface area (Å²) in [6.07, 6.45) is 0. The van der Waals surface area contributed by atoms with Crippen molar-refractivity contribution >= 4 is 29.1 Å². The van der Waals surface area contributed by atoms with E-state index in [-0.39, 0.29) is 28.7 Å². The maximum Gasteiger partial charge on any atom is 0.257 e. The highest BCUT2D eigenvalue weighted by Crippen LogP contribution is 2.25. The molecule has 1 rings (SSSR count). The van der Waals surface area contributed by atoms with E-state index in [0.29, 0.717) is 0 Å². The predicted molar refractivity (Wildman–Crippen MR) is 63.5 cm³/mol. The first kappa shape index (κ1) is 14.2. The number of nitrogens with zero attached hydrogens (tertiary/aromatic N) is 3. The molecule has 0 unspecified atom stereocenters. The quantitative estimate of drug-likeness (QED) is 0.633. The lowest BCUT2D eigenvalue weighted by Gasteiger charge is -2.16. The topological polar surface area (TPSA) is 67.9 Å². The summed E-state index contributed by atoms with van der Waals surface area (Å²) in [5.74, 6) is -1.49.